The maximum Gasteiger partial charge on any atom is 0.0724 e. The number of para-hydroxylation sites is 1. The first-order chi connectivity index (χ1) is 38.1. The van der Waals surface area contributed by atoms with E-state index in [2.05, 4.69) is 92.6 Å². The van der Waals surface area contributed by atoms with Crippen molar-refractivity contribution < 1.29 is 4.74 Å². The Morgan fingerprint density at radius 2 is 0.769 bits per heavy atom. The Morgan fingerprint density at radius 3 is 1.10 bits per heavy atom. The van der Waals surface area contributed by atoms with E-state index in [1.807, 2.05) is 12.1 Å². The molecule has 14 fully saturated rings. The lowest BCUT2D eigenvalue weighted by atomic mass is 9.71. The number of piperidine rings is 5. The average Bonchev–Trinajstić information content (AvgIpc) is 4.40. The van der Waals surface area contributed by atoms with Crippen LogP contribution < -0.4 is 31.9 Å². The van der Waals surface area contributed by atoms with Crippen LogP contribution in [0.3, 0.4) is 0 Å². The number of rotatable bonds is 0. The van der Waals surface area contributed by atoms with Gasteiger partial charge in [0.15, 0.2) is 0 Å². The Labute approximate surface area is 478 Å². The lowest BCUT2D eigenvalue weighted by molar-refractivity contribution is 0.134. The number of anilines is 1. The highest BCUT2D eigenvalue weighted by atomic mass is 16.5. The molecule has 10 bridgehead atoms. The quantitative estimate of drug-likeness (QED) is 0.134. The normalized spacial score (nSPS) is 31.4. The van der Waals surface area contributed by atoms with Crippen LogP contribution in [-0.4, -0.2) is 56.9 Å². The molecule has 9 heterocycles. The van der Waals surface area contributed by atoms with Crippen molar-refractivity contribution >= 4 is 5.69 Å². The van der Waals surface area contributed by atoms with Gasteiger partial charge in [-0.3, -0.25) is 0 Å². The summed E-state index contributed by atoms with van der Waals surface area (Å²) in [4.78, 5) is 0. The molecular formula is C71H116N6O. The van der Waals surface area contributed by atoms with Gasteiger partial charge in [0, 0.05) is 49.5 Å². The SMILES string of the molecule is C.C1CC2CC1CN2.C1CC2CCC(C1)N2.C1CC2CCC1C2.C1CC2CCC1CC2.C1CC2CCC1CN2.C1CCCCC1.C1CCNCC1.c1ccc2c(c1)CCN2.c1ccc2c(c1)CNC2.c1ccc2c(c1)COC2. The van der Waals surface area contributed by atoms with E-state index in [9.17, 15) is 0 Å². The number of hydrogen-bond donors (Lipinski definition) is 6. The molecule has 0 spiro atoms. The molecule has 3 aromatic carbocycles. The third kappa shape index (κ3) is 21.5. The van der Waals surface area contributed by atoms with Crippen LogP contribution in [0.4, 0.5) is 5.69 Å². The summed E-state index contributed by atoms with van der Waals surface area (Å²) in [7, 11) is 0. The Balaban J connectivity index is 0.000000115. The van der Waals surface area contributed by atoms with Gasteiger partial charge in [-0.15, -0.1) is 0 Å². The summed E-state index contributed by atoms with van der Waals surface area (Å²) in [5.41, 5.74) is 8.38. The number of nitrogens with one attached hydrogen (secondary N) is 6. The molecule has 4 atom stereocenters. The van der Waals surface area contributed by atoms with Crippen LogP contribution in [-0.2, 0) is 37.5 Å². The molecule has 7 nitrogen and oxygen atoms in total. The summed E-state index contributed by atoms with van der Waals surface area (Å²) in [6.07, 6.45) is 49.2. The van der Waals surface area contributed by atoms with Gasteiger partial charge in [-0.25, -0.2) is 0 Å². The van der Waals surface area contributed by atoms with E-state index in [0.29, 0.717) is 0 Å². The molecule has 0 aromatic heterocycles. The maximum atomic E-state index is 5.21. The Kier molecular flexibility index (Phi) is 27.7. The molecule has 7 heteroatoms. The van der Waals surface area contributed by atoms with Gasteiger partial charge in [0.05, 0.1) is 13.2 Å². The smallest absolute Gasteiger partial charge is 0.0724 e. The highest BCUT2D eigenvalue weighted by Gasteiger charge is 2.32. The van der Waals surface area contributed by atoms with Gasteiger partial charge < -0.3 is 36.6 Å². The van der Waals surface area contributed by atoms with Crippen LogP contribution in [0.2, 0.25) is 0 Å². The minimum atomic E-state index is 0. The van der Waals surface area contributed by atoms with Crippen molar-refractivity contribution in [1.82, 2.24) is 26.6 Å². The van der Waals surface area contributed by atoms with E-state index in [-0.39, 0.29) is 7.43 Å². The van der Waals surface area contributed by atoms with Crippen molar-refractivity contribution in [2.75, 3.05) is 38.0 Å². The van der Waals surface area contributed by atoms with Gasteiger partial charge in [-0.2, -0.15) is 0 Å². The molecule has 0 amide bonds. The van der Waals surface area contributed by atoms with Crippen LogP contribution in [0.25, 0.3) is 0 Å². The largest absolute Gasteiger partial charge is 0.384 e. The standard InChI is InChI=1S/2C8H9N.C8H8O.C8H14.2C7H13N.C7H12.C6H11N.C6H12.C5H11N.CH4/c1-2-4-8-6-9-5-7(8)3-1;1-2-4-8-7(3-1)5-6-9-8;1-2-4-8-6-9-5-7(8)3-1;1-2-8-5-3-7(1)4-6-8;1-3-7-4-2-6(1)5-8-7;1-2-6-4-5-7(3-1)8-6;1-2-7-4-3-6(1)5-7;1-2-6-3-5(1)4-7-6;2*1-2-4-6-5-3-1;/h2*1-4,9H,5-6H2;1-4H,5-6H2;7-8H,1-6H2;2*6-8H,1-5H2;6-7H,1-5H2;5-7H,1-4H2;1-6H2;6H,1-5H2;1H4. The molecule has 6 N–H and O–H groups in total. The van der Waals surface area contributed by atoms with Crippen molar-refractivity contribution in [1.29, 1.82) is 0 Å². The monoisotopic (exact) mass is 1070 g/mol. The van der Waals surface area contributed by atoms with Crippen LogP contribution >= 0.6 is 0 Å². The number of hydrogen-bond acceptors (Lipinski definition) is 7. The average molecular weight is 1070 g/mol. The molecule has 3 aromatic rings. The summed E-state index contributed by atoms with van der Waals surface area (Å²) in [5, 5.41) is 20.4. The fourth-order valence-electron chi connectivity index (χ4n) is 15.6. The first-order valence-electron chi connectivity index (χ1n) is 33.3. The lowest BCUT2D eigenvalue weighted by Gasteiger charge is -2.36. The molecule has 78 heavy (non-hydrogen) atoms. The molecule has 8 aliphatic carbocycles. The maximum absolute atomic E-state index is 5.21. The summed E-state index contributed by atoms with van der Waals surface area (Å²) in [6, 6.07) is 29.0. The Hall–Kier alpha value is -2.78. The minimum Gasteiger partial charge on any atom is -0.384 e. The first kappa shape index (κ1) is 61.3. The predicted molar refractivity (Wildman–Crippen MR) is 333 cm³/mol. The zero-order valence-electron chi connectivity index (χ0n) is 48.8. The van der Waals surface area contributed by atoms with Crippen LogP contribution in [0.5, 0.6) is 0 Å². The minimum absolute atomic E-state index is 0. The fourth-order valence-corrected chi connectivity index (χ4v) is 15.6. The Bertz CT molecular complexity index is 1650. The van der Waals surface area contributed by atoms with Crippen LogP contribution in [0, 0.1) is 35.5 Å². The van der Waals surface area contributed by atoms with E-state index >= 15 is 0 Å². The fraction of sp³-hybridized carbons (Fsp3) is 0.746. The molecule has 17 aliphatic rings. The molecule has 436 valence electrons. The second-order valence-corrected chi connectivity index (χ2v) is 26.5. The second-order valence-electron chi connectivity index (χ2n) is 26.5. The molecule has 6 saturated heterocycles. The van der Waals surface area contributed by atoms with E-state index < -0.39 is 0 Å². The van der Waals surface area contributed by atoms with Gasteiger partial charge in [-0.1, -0.05) is 190 Å². The highest BCUT2D eigenvalue weighted by molar-refractivity contribution is 5.54. The third-order valence-electron chi connectivity index (χ3n) is 20.6. The third-order valence-corrected chi connectivity index (χ3v) is 20.6. The molecule has 8 saturated carbocycles. The number of ether oxygens (including phenoxy) is 1. The van der Waals surface area contributed by atoms with E-state index in [1.54, 1.807) is 70.6 Å². The van der Waals surface area contributed by atoms with Crippen molar-refractivity contribution in [3.05, 3.63) is 101 Å². The topological polar surface area (TPSA) is 81.4 Å². The van der Waals surface area contributed by atoms with Gasteiger partial charge in [0.25, 0.3) is 0 Å². The van der Waals surface area contributed by atoms with Crippen molar-refractivity contribution in [3.8, 4) is 0 Å². The van der Waals surface area contributed by atoms with Crippen LogP contribution in [0.15, 0.2) is 72.8 Å². The van der Waals surface area contributed by atoms with E-state index in [4.69, 9.17) is 4.74 Å². The highest BCUT2D eigenvalue weighted by Crippen LogP contribution is 2.44. The summed E-state index contributed by atoms with van der Waals surface area (Å²) in [5.74, 6) is 6.75. The summed E-state index contributed by atoms with van der Waals surface area (Å²) < 4.78 is 5.21. The number of fused-ring (bicyclic) bond motifs is 15. The molecule has 0 radical (unpaired) electrons. The Morgan fingerprint density at radius 1 is 0.333 bits per heavy atom. The van der Waals surface area contributed by atoms with Crippen LogP contribution in [0.1, 0.15) is 241 Å². The zero-order valence-corrected chi connectivity index (χ0v) is 48.8. The summed E-state index contributed by atoms with van der Waals surface area (Å²) in [6.45, 7) is 9.94. The van der Waals surface area contributed by atoms with Gasteiger partial charge in [0.1, 0.15) is 0 Å². The van der Waals surface area contributed by atoms with Crippen molar-refractivity contribution in [2.45, 2.75) is 270 Å². The van der Waals surface area contributed by atoms with Crippen molar-refractivity contribution in [3.63, 3.8) is 0 Å². The summed E-state index contributed by atoms with van der Waals surface area (Å²) >= 11 is 0. The first-order valence-corrected chi connectivity index (χ1v) is 33.3. The van der Waals surface area contributed by atoms with Gasteiger partial charge in [-0.05, 0) is 192 Å². The molecule has 9 aliphatic heterocycles. The van der Waals surface area contributed by atoms with Crippen molar-refractivity contribution in [2.24, 2.45) is 35.5 Å². The molecular weight excluding hydrogens is 953 g/mol. The number of benzene rings is 3. The van der Waals surface area contributed by atoms with E-state index in [0.717, 1.165) is 80.7 Å². The van der Waals surface area contributed by atoms with E-state index in [1.165, 1.54) is 213 Å². The predicted octanol–water partition coefficient (Wildman–Crippen LogP) is 16.4. The van der Waals surface area contributed by atoms with Gasteiger partial charge >= 0.3 is 0 Å². The zero-order chi connectivity index (χ0) is 52.4. The lowest BCUT2D eigenvalue weighted by Crippen LogP contribution is -2.44. The molecule has 4 unspecified atom stereocenters. The molecule has 20 rings (SSSR count). The van der Waals surface area contributed by atoms with Gasteiger partial charge in [0.2, 0.25) is 0 Å². The second kappa shape index (κ2) is 35.3.